The minimum absolute atomic E-state index is 0.157. The van der Waals surface area contributed by atoms with Crippen LogP contribution in [0.25, 0.3) is 0 Å². The minimum atomic E-state index is -3.40. The number of carbonyl (C=O) groups excluding carboxylic acids is 1. The van der Waals surface area contributed by atoms with Gasteiger partial charge in [-0.2, -0.15) is 13.8 Å². The van der Waals surface area contributed by atoms with Crippen LogP contribution in [-0.2, 0) is 4.74 Å². The van der Waals surface area contributed by atoms with Crippen molar-refractivity contribution in [2.45, 2.75) is 34.9 Å². The van der Waals surface area contributed by atoms with Crippen LogP contribution in [0.3, 0.4) is 0 Å². The van der Waals surface area contributed by atoms with Crippen LogP contribution < -0.4 is 5.32 Å². The van der Waals surface area contributed by atoms with Crippen LogP contribution in [0.1, 0.15) is 19.4 Å². The molecule has 0 heterocycles. The molecular weight excluding hydrogens is 467 g/mol. The Morgan fingerprint density at radius 2 is 1.67 bits per heavy atom. The number of carbonyl (C=O) groups is 1. The van der Waals surface area contributed by atoms with Gasteiger partial charge < -0.3 is 10.1 Å². The first-order valence-electron chi connectivity index (χ1n) is 8.45. The average molecular weight is 483 g/mol. The smallest absolute Gasteiger partial charge is 0.348 e. The molecule has 162 valence electrons. The van der Waals surface area contributed by atoms with Crippen LogP contribution in [-0.4, -0.2) is 28.1 Å². The molecule has 0 radical (unpaired) electrons. The number of nitrogens with zero attached hydrogens (tertiary/aromatic N) is 1. The third kappa shape index (κ3) is 6.78. The van der Waals surface area contributed by atoms with Gasteiger partial charge >= 0.3 is 11.3 Å². The summed E-state index contributed by atoms with van der Waals surface area (Å²) in [6.45, 7) is 3.20. The van der Waals surface area contributed by atoms with Gasteiger partial charge in [0.1, 0.15) is 17.2 Å². The first-order chi connectivity index (χ1) is 14.0. The van der Waals surface area contributed by atoms with Gasteiger partial charge in [-0.25, -0.2) is 13.6 Å². The number of benzene rings is 2. The van der Waals surface area contributed by atoms with Crippen molar-refractivity contribution < 1.29 is 27.1 Å². The van der Waals surface area contributed by atoms with Crippen LogP contribution in [0.4, 0.5) is 28.0 Å². The molecule has 0 bridgehead atoms. The second-order valence-electron chi connectivity index (χ2n) is 6.10. The predicted molar refractivity (Wildman–Crippen MR) is 111 cm³/mol. The van der Waals surface area contributed by atoms with E-state index < -0.39 is 45.3 Å². The second kappa shape index (κ2) is 10.4. The summed E-state index contributed by atoms with van der Waals surface area (Å²) in [7, 11) is 0. The summed E-state index contributed by atoms with van der Waals surface area (Å²) >= 11 is 10.6. The number of nitrogens with one attached hydrogen (secondary N) is 1. The third-order valence-corrected chi connectivity index (χ3v) is 5.16. The van der Waals surface area contributed by atoms with E-state index in [1.165, 1.54) is 30.3 Å². The molecule has 1 N–H and O–H groups in total. The van der Waals surface area contributed by atoms with E-state index in [0.717, 1.165) is 12.1 Å². The van der Waals surface area contributed by atoms with Crippen LogP contribution >= 0.6 is 35.0 Å². The predicted octanol–water partition coefficient (Wildman–Crippen LogP) is 6.86. The lowest BCUT2D eigenvalue weighted by Gasteiger charge is -2.16. The van der Waals surface area contributed by atoms with Crippen LogP contribution in [0.15, 0.2) is 52.4 Å². The number of aliphatic imine (C=N–C) groups is 1. The number of rotatable bonds is 6. The fraction of sp³-hybridized carbons (Fsp3) is 0.263. The van der Waals surface area contributed by atoms with Crippen LogP contribution in [0, 0.1) is 11.6 Å². The second-order valence-corrected chi connectivity index (χ2v) is 8.42. The molecule has 0 aliphatic carbocycles. The van der Waals surface area contributed by atoms with Crippen molar-refractivity contribution in [2.24, 2.45) is 4.99 Å². The maximum absolute atomic E-state index is 14.0. The molecule has 2 aromatic rings. The SMILES string of the molecule is CC(C)O/C(=N\C(=O)Nc1ccc(SC(F)(F)C(Cl)Cl)cc1)c1c(F)cccc1F. The van der Waals surface area contributed by atoms with Crippen molar-refractivity contribution in [2.75, 3.05) is 5.32 Å². The Kier molecular flexibility index (Phi) is 8.40. The van der Waals surface area contributed by atoms with Crippen LogP contribution in [0.2, 0.25) is 0 Å². The number of urea groups is 1. The number of anilines is 1. The van der Waals surface area contributed by atoms with Gasteiger partial charge in [0.25, 0.3) is 0 Å². The topological polar surface area (TPSA) is 50.7 Å². The van der Waals surface area contributed by atoms with E-state index in [9.17, 15) is 22.4 Å². The van der Waals surface area contributed by atoms with Crippen molar-refractivity contribution in [3.63, 3.8) is 0 Å². The molecule has 0 aromatic heterocycles. The summed E-state index contributed by atoms with van der Waals surface area (Å²) in [5.41, 5.74) is -0.366. The molecule has 0 unspecified atom stereocenters. The molecule has 2 aromatic carbocycles. The molecule has 2 amide bonds. The molecule has 0 spiro atoms. The standard InChI is InChI=1S/C19H16Cl2F4N2O2S/c1-10(2)29-16(15-13(22)4-3-5-14(15)23)27-18(28)26-11-6-8-12(9-7-11)30-19(24,25)17(20)21/h3-10,17H,1-2H3,(H,26,28)/b27-16-. The molecule has 0 aliphatic heterocycles. The average Bonchev–Trinajstić information content (AvgIpc) is 2.62. The number of thioether (sulfide) groups is 1. The fourth-order valence-corrected chi connectivity index (χ4v) is 3.06. The number of hydrogen-bond acceptors (Lipinski definition) is 3. The van der Waals surface area contributed by atoms with Crippen molar-refractivity contribution in [3.05, 3.63) is 59.7 Å². The van der Waals surface area contributed by atoms with Crippen molar-refractivity contribution >= 4 is 52.6 Å². The van der Waals surface area contributed by atoms with E-state index in [2.05, 4.69) is 10.3 Å². The monoisotopic (exact) mass is 482 g/mol. The lowest BCUT2D eigenvalue weighted by molar-refractivity contribution is 0.122. The highest BCUT2D eigenvalue weighted by atomic mass is 35.5. The highest BCUT2D eigenvalue weighted by Gasteiger charge is 2.38. The minimum Gasteiger partial charge on any atom is -0.474 e. The van der Waals surface area contributed by atoms with E-state index in [-0.39, 0.29) is 22.3 Å². The zero-order valence-electron chi connectivity index (χ0n) is 15.6. The molecule has 0 fully saturated rings. The molecule has 0 aliphatic rings. The fourth-order valence-electron chi connectivity index (χ4n) is 2.12. The summed E-state index contributed by atoms with van der Waals surface area (Å²) in [5.74, 6) is -2.41. The summed E-state index contributed by atoms with van der Waals surface area (Å²) in [6, 6.07) is 7.53. The highest BCUT2D eigenvalue weighted by Crippen LogP contribution is 2.42. The summed E-state index contributed by atoms with van der Waals surface area (Å²) in [4.78, 5) is 14.1. The molecule has 2 rings (SSSR count). The molecular formula is C19H16Cl2F4N2O2S. The Morgan fingerprint density at radius 3 is 2.17 bits per heavy atom. The molecule has 11 heteroatoms. The Bertz CT molecular complexity index is 905. The van der Waals surface area contributed by atoms with Gasteiger partial charge in [-0.1, -0.05) is 29.3 Å². The zero-order chi connectivity index (χ0) is 22.5. The lowest BCUT2D eigenvalue weighted by Crippen LogP contribution is -2.20. The molecule has 4 nitrogen and oxygen atoms in total. The Labute approximate surface area is 184 Å². The van der Waals surface area contributed by atoms with Crippen molar-refractivity contribution in [1.82, 2.24) is 0 Å². The first kappa shape index (κ1) is 24.3. The normalized spacial score (nSPS) is 12.4. The molecule has 30 heavy (non-hydrogen) atoms. The zero-order valence-corrected chi connectivity index (χ0v) is 18.0. The molecule has 0 saturated carbocycles. The number of ether oxygens (including phenoxy) is 1. The van der Waals surface area contributed by atoms with E-state index in [1.54, 1.807) is 13.8 Å². The van der Waals surface area contributed by atoms with E-state index in [1.807, 2.05) is 0 Å². The lowest BCUT2D eigenvalue weighted by atomic mass is 10.2. The number of alkyl halides is 4. The van der Waals surface area contributed by atoms with Gasteiger partial charge in [-0.15, -0.1) is 0 Å². The van der Waals surface area contributed by atoms with Crippen molar-refractivity contribution in [3.8, 4) is 0 Å². The summed E-state index contributed by atoms with van der Waals surface area (Å²) in [5, 5.41) is -1.03. The number of amides is 2. The van der Waals surface area contributed by atoms with Crippen LogP contribution in [0.5, 0.6) is 0 Å². The Balaban J connectivity index is 2.19. The quantitative estimate of drug-likeness (QED) is 0.161. The number of halogens is 6. The summed E-state index contributed by atoms with van der Waals surface area (Å²) < 4.78 is 60.5. The van der Waals surface area contributed by atoms with E-state index in [4.69, 9.17) is 27.9 Å². The van der Waals surface area contributed by atoms with Crippen molar-refractivity contribution in [1.29, 1.82) is 0 Å². The maximum atomic E-state index is 14.0. The van der Waals surface area contributed by atoms with E-state index >= 15 is 0 Å². The van der Waals surface area contributed by atoms with Gasteiger partial charge in [0.15, 0.2) is 4.84 Å². The highest BCUT2D eigenvalue weighted by molar-refractivity contribution is 8.00. The summed E-state index contributed by atoms with van der Waals surface area (Å²) in [6.07, 6.45) is -0.513. The largest absolute Gasteiger partial charge is 0.474 e. The van der Waals surface area contributed by atoms with Gasteiger partial charge in [0.05, 0.1) is 6.10 Å². The van der Waals surface area contributed by atoms with Gasteiger partial charge in [0.2, 0.25) is 5.90 Å². The Hall–Kier alpha value is -1.97. The van der Waals surface area contributed by atoms with E-state index in [0.29, 0.717) is 0 Å². The molecule has 0 saturated heterocycles. The maximum Gasteiger partial charge on any atom is 0.348 e. The third-order valence-electron chi connectivity index (χ3n) is 3.34. The molecule has 0 atom stereocenters. The first-order valence-corrected chi connectivity index (χ1v) is 10.1. The Morgan fingerprint density at radius 1 is 1.10 bits per heavy atom. The van der Waals surface area contributed by atoms with Gasteiger partial charge in [-0.3, -0.25) is 0 Å². The number of hydrogen-bond donors (Lipinski definition) is 1. The van der Waals surface area contributed by atoms with Gasteiger partial charge in [-0.05, 0) is 62.0 Å². The van der Waals surface area contributed by atoms with Gasteiger partial charge in [0, 0.05) is 10.6 Å².